The normalized spacial score (nSPS) is 11.4. The molecule has 0 radical (unpaired) electrons. The Morgan fingerprint density at radius 2 is 2.08 bits per heavy atom. The van der Waals surface area contributed by atoms with E-state index < -0.39 is 10.0 Å². The summed E-state index contributed by atoms with van der Waals surface area (Å²) in [6.07, 6.45) is 1.67. The summed E-state index contributed by atoms with van der Waals surface area (Å²) in [6.45, 7) is 0.160. The molecule has 0 fully saturated rings. The minimum Gasteiger partial charge on any atom is -0.495 e. The summed E-state index contributed by atoms with van der Waals surface area (Å²) in [4.78, 5) is 5.44. The number of hydrogen-bond acceptors (Lipinski definition) is 5. The number of nitrogens with zero attached hydrogens (tertiary/aromatic N) is 1. The molecule has 2 heterocycles. The van der Waals surface area contributed by atoms with Gasteiger partial charge in [0.25, 0.3) is 0 Å². The maximum Gasteiger partial charge on any atom is 0.240 e. The van der Waals surface area contributed by atoms with Crippen molar-refractivity contribution >= 4 is 33.0 Å². The van der Waals surface area contributed by atoms with Crippen molar-refractivity contribution in [1.82, 2.24) is 9.71 Å². The Bertz CT molecular complexity index is 973. The molecule has 5 nitrogen and oxygen atoms in total. The van der Waals surface area contributed by atoms with Crippen LogP contribution in [0, 0.1) is 0 Å². The molecule has 3 rings (SSSR count). The minimum absolute atomic E-state index is 0.0887. The van der Waals surface area contributed by atoms with E-state index in [2.05, 4.69) is 9.71 Å². The van der Waals surface area contributed by atoms with Gasteiger partial charge in [0.1, 0.15) is 5.75 Å². The van der Waals surface area contributed by atoms with E-state index in [9.17, 15) is 8.42 Å². The van der Waals surface area contributed by atoms with Gasteiger partial charge in [-0.1, -0.05) is 17.7 Å². The van der Waals surface area contributed by atoms with Crippen molar-refractivity contribution in [3.63, 3.8) is 0 Å². The summed E-state index contributed by atoms with van der Waals surface area (Å²) in [6, 6.07) is 11.9. The second kappa shape index (κ2) is 7.53. The third-order valence-electron chi connectivity index (χ3n) is 3.50. The molecule has 2 aromatic heterocycles. The van der Waals surface area contributed by atoms with Crippen LogP contribution in [0.2, 0.25) is 5.02 Å². The molecule has 0 aliphatic heterocycles. The smallest absolute Gasteiger partial charge is 0.240 e. The Morgan fingerprint density at radius 1 is 1.24 bits per heavy atom. The first-order chi connectivity index (χ1) is 12.0. The highest BCUT2D eigenvalue weighted by Gasteiger charge is 2.16. The SMILES string of the molecule is COc1ccc(S(=O)(=O)NCc2ccnc(-c3cccs3)c2)cc1Cl. The molecule has 0 unspecified atom stereocenters. The third-order valence-corrected chi connectivity index (χ3v) is 6.08. The number of halogens is 1. The maximum absolute atomic E-state index is 12.4. The number of sulfonamides is 1. The van der Waals surface area contributed by atoms with Gasteiger partial charge in [0, 0.05) is 12.7 Å². The van der Waals surface area contributed by atoms with E-state index >= 15 is 0 Å². The molecule has 0 bridgehead atoms. The van der Waals surface area contributed by atoms with E-state index in [1.165, 1.54) is 25.3 Å². The first kappa shape index (κ1) is 17.9. The van der Waals surface area contributed by atoms with Gasteiger partial charge in [-0.15, -0.1) is 11.3 Å². The van der Waals surface area contributed by atoms with Gasteiger partial charge >= 0.3 is 0 Å². The van der Waals surface area contributed by atoms with E-state index in [-0.39, 0.29) is 16.5 Å². The first-order valence-electron chi connectivity index (χ1n) is 7.31. The fourth-order valence-corrected chi connectivity index (χ4v) is 4.28. The summed E-state index contributed by atoms with van der Waals surface area (Å²) >= 11 is 7.59. The highest BCUT2D eigenvalue weighted by atomic mass is 35.5. The van der Waals surface area contributed by atoms with E-state index in [1.807, 2.05) is 23.6 Å². The van der Waals surface area contributed by atoms with Crippen LogP contribution >= 0.6 is 22.9 Å². The molecule has 0 amide bonds. The van der Waals surface area contributed by atoms with Crippen molar-refractivity contribution < 1.29 is 13.2 Å². The maximum atomic E-state index is 12.4. The van der Waals surface area contributed by atoms with Crippen LogP contribution in [0.25, 0.3) is 10.6 Å². The lowest BCUT2D eigenvalue weighted by atomic mass is 10.2. The van der Waals surface area contributed by atoms with Crippen LogP contribution in [-0.2, 0) is 16.6 Å². The molecule has 0 spiro atoms. The van der Waals surface area contributed by atoms with Crippen molar-refractivity contribution in [2.24, 2.45) is 0 Å². The zero-order valence-corrected chi connectivity index (χ0v) is 15.7. The quantitative estimate of drug-likeness (QED) is 0.687. The molecule has 25 heavy (non-hydrogen) atoms. The van der Waals surface area contributed by atoms with Crippen LogP contribution in [0.3, 0.4) is 0 Å². The number of rotatable bonds is 6. The van der Waals surface area contributed by atoms with Gasteiger partial charge in [-0.25, -0.2) is 13.1 Å². The molecular formula is C17H15ClN2O3S2. The van der Waals surface area contributed by atoms with Crippen molar-refractivity contribution in [3.05, 3.63) is 64.6 Å². The molecule has 3 aromatic rings. The van der Waals surface area contributed by atoms with Gasteiger partial charge in [-0.3, -0.25) is 4.98 Å². The lowest BCUT2D eigenvalue weighted by Crippen LogP contribution is -2.23. The van der Waals surface area contributed by atoms with Crippen LogP contribution in [0.15, 0.2) is 58.9 Å². The van der Waals surface area contributed by atoms with E-state index in [4.69, 9.17) is 16.3 Å². The zero-order valence-electron chi connectivity index (χ0n) is 13.3. The number of hydrogen-bond donors (Lipinski definition) is 1. The van der Waals surface area contributed by atoms with Crippen molar-refractivity contribution in [2.45, 2.75) is 11.4 Å². The summed E-state index contributed by atoms with van der Waals surface area (Å²) in [5.74, 6) is 0.426. The molecule has 0 aliphatic carbocycles. The van der Waals surface area contributed by atoms with E-state index in [0.717, 1.165) is 16.1 Å². The van der Waals surface area contributed by atoms with Gasteiger partial charge in [-0.05, 0) is 47.3 Å². The minimum atomic E-state index is -3.68. The zero-order chi connectivity index (χ0) is 17.9. The van der Waals surface area contributed by atoms with Crippen molar-refractivity contribution in [3.8, 4) is 16.3 Å². The van der Waals surface area contributed by atoms with Gasteiger partial charge in [0.15, 0.2) is 0 Å². The second-order valence-electron chi connectivity index (χ2n) is 5.15. The first-order valence-corrected chi connectivity index (χ1v) is 10.1. The van der Waals surface area contributed by atoms with Crippen molar-refractivity contribution in [1.29, 1.82) is 0 Å². The topological polar surface area (TPSA) is 68.3 Å². The van der Waals surface area contributed by atoms with Crippen molar-refractivity contribution in [2.75, 3.05) is 7.11 Å². The molecule has 1 N–H and O–H groups in total. The molecular weight excluding hydrogens is 380 g/mol. The lowest BCUT2D eigenvalue weighted by Gasteiger charge is -2.09. The highest BCUT2D eigenvalue weighted by molar-refractivity contribution is 7.89. The van der Waals surface area contributed by atoms with Gasteiger partial charge in [-0.2, -0.15) is 0 Å². The lowest BCUT2D eigenvalue weighted by molar-refractivity contribution is 0.414. The Labute approximate surface area is 155 Å². The Balaban J connectivity index is 1.76. The van der Waals surface area contributed by atoms with Crippen LogP contribution in [0.5, 0.6) is 5.75 Å². The summed E-state index contributed by atoms with van der Waals surface area (Å²) in [7, 11) is -2.21. The summed E-state index contributed by atoms with van der Waals surface area (Å²) in [5, 5.41) is 2.22. The van der Waals surface area contributed by atoms with Gasteiger partial charge < -0.3 is 4.74 Å². The molecule has 130 valence electrons. The molecule has 8 heteroatoms. The van der Waals surface area contributed by atoms with E-state index in [1.54, 1.807) is 23.6 Å². The predicted octanol–water partition coefficient (Wildman–Crippen LogP) is 3.95. The molecule has 0 aliphatic rings. The van der Waals surface area contributed by atoms with Gasteiger partial charge in [0.05, 0.1) is 27.6 Å². The van der Waals surface area contributed by atoms with Gasteiger partial charge in [0.2, 0.25) is 10.0 Å². The number of nitrogens with one attached hydrogen (secondary N) is 1. The van der Waals surface area contributed by atoms with E-state index in [0.29, 0.717) is 5.75 Å². The number of thiophene rings is 1. The summed E-state index contributed by atoms with van der Waals surface area (Å²) < 4.78 is 32.5. The van der Waals surface area contributed by atoms with Crippen LogP contribution < -0.4 is 9.46 Å². The molecule has 0 atom stereocenters. The number of pyridine rings is 1. The fourth-order valence-electron chi connectivity index (χ4n) is 2.22. The Kier molecular flexibility index (Phi) is 5.39. The number of ether oxygens (including phenoxy) is 1. The third kappa shape index (κ3) is 4.19. The Hall–Kier alpha value is -1.93. The number of aromatic nitrogens is 1. The van der Waals surface area contributed by atoms with Crippen LogP contribution in [0.4, 0.5) is 0 Å². The summed E-state index contributed by atoms with van der Waals surface area (Å²) in [5.41, 5.74) is 1.64. The number of methoxy groups -OCH3 is 1. The number of benzene rings is 1. The fraction of sp³-hybridized carbons (Fsp3) is 0.118. The predicted molar refractivity (Wildman–Crippen MR) is 99.6 cm³/mol. The average Bonchev–Trinajstić information content (AvgIpc) is 3.15. The monoisotopic (exact) mass is 394 g/mol. The molecule has 0 saturated heterocycles. The molecule has 1 aromatic carbocycles. The highest BCUT2D eigenvalue weighted by Crippen LogP contribution is 2.27. The van der Waals surface area contributed by atoms with Crippen LogP contribution in [-0.4, -0.2) is 20.5 Å². The Morgan fingerprint density at radius 3 is 2.76 bits per heavy atom. The standard InChI is InChI=1S/C17H15ClN2O3S2/c1-23-16-5-4-13(10-14(16)18)25(21,22)20-11-12-6-7-19-15(9-12)17-3-2-8-24-17/h2-10,20H,11H2,1H3. The largest absolute Gasteiger partial charge is 0.495 e. The second-order valence-corrected chi connectivity index (χ2v) is 8.27. The van der Waals surface area contributed by atoms with Crippen LogP contribution in [0.1, 0.15) is 5.56 Å². The molecule has 0 saturated carbocycles. The average molecular weight is 395 g/mol.